The van der Waals surface area contributed by atoms with E-state index in [4.69, 9.17) is 5.73 Å². The van der Waals surface area contributed by atoms with Crippen molar-refractivity contribution in [2.24, 2.45) is 5.73 Å². The fraction of sp³-hybridized carbons (Fsp3) is 0.278. The maximum absolute atomic E-state index is 13.0. The third-order valence-electron chi connectivity index (χ3n) is 3.85. The number of aromatic nitrogens is 1. The van der Waals surface area contributed by atoms with E-state index in [-0.39, 0.29) is 5.75 Å². The van der Waals surface area contributed by atoms with Crippen LogP contribution in [0.1, 0.15) is 25.3 Å². The molecule has 0 fully saturated rings. The number of ether oxygens (including phenoxy) is 1. The van der Waals surface area contributed by atoms with Crippen molar-refractivity contribution in [3.8, 4) is 5.75 Å². The van der Waals surface area contributed by atoms with E-state index in [0.29, 0.717) is 23.3 Å². The van der Waals surface area contributed by atoms with Crippen molar-refractivity contribution >= 4 is 35.9 Å². The maximum atomic E-state index is 13.0. The second-order valence-electron chi connectivity index (χ2n) is 6.07. The first kappa shape index (κ1) is 17.5. The highest BCUT2D eigenvalue weighted by molar-refractivity contribution is 7.80. The Kier molecular flexibility index (Phi) is 4.60. The summed E-state index contributed by atoms with van der Waals surface area (Å²) in [6.07, 6.45) is 0.510. The van der Waals surface area contributed by atoms with Crippen LogP contribution in [0.5, 0.6) is 5.75 Å². The zero-order valence-electron chi connectivity index (χ0n) is 13.9. The van der Waals surface area contributed by atoms with Crippen LogP contribution in [0.4, 0.5) is 20.3 Å². The van der Waals surface area contributed by atoms with Crippen molar-refractivity contribution in [2.45, 2.75) is 37.7 Å². The summed E-state index contributed by atoms with van der Waals surface area (Å²) < 4.78 is 30.5. The predicted octanol–water partition coefficient (Wildman–Crippen LogP) is 3.06. The number of rotatable bonds is 4. The Balaban J connectivity index is 1.91. The lowest BCUT2D eigenvalue weighted by Gasteiger charge is -2.16. The van der Waals surface area contributed by atoms with E-state index in [1.165, 1.54) is 6.07 Å². The first-order chi connectivity index (χ1) is 11.7. The van der Waals surface area contributed by atoms with Crippen molar-refractivity contribution in [1.29, 1.82) is 0 Å². The molecule has 3 rings (SSSR count). The van der Waals surface area contributed by atoms with E-state index in [1.807, 2.05) is 13.0 Å². The molecule has 0 spiro atoms. The molecule has 4 nitrogen and oxygen atoms in total. The molecule has 0 bridgehead atoms. The normalized spacial score (nSPS) is 13.9. The zero-order chi connectivity index (χ0) is 18.2. The van der Waals surface area contributed by atoms with Crippen LogP contribution in [0.15, 0.2) is 29.2 Å². The van der Waals surface area contributed by atoms with Crippen LogP contribution in [-0.4, -0.2) is 11.1 Å². The number of pyridine rings is 1. The summed E-state index contributed by atoms with van der Waals surface area (Å²) in [6, 6.07) is 6.72. The number of hydrogen-bond acceptors (Lipinski definition) is 5. The van der Waals surface area contributed by atoms with Crippen molar-refractivity contribution in [3.63, 3.8) is 0 Å². The zero-order valence-corrected chi connectivity index (χ0v) is 14.8. The minimum absolute atomic E-state index is 0.0206. The number of anilines is 2. The predicted molar refractivity (Wildman–Crippen MR) is 97.7 cm³/mol. The number of hydrogen-bond donors (Lipinski definition) is 3. The van der Waals surface area contributed by atoms with Crippen molar-refractivity contribution in [1.82, 2.24) is 4.98 Å². The van der Waals surface area contributed by atoms with Gasteiger partial charge in [-0.15, -0.1) is 12.6 Å². The number of thiol groups is 1. The minimum Gasteiger partial charge on any atom is -0.432 e. The topological polar surface area (TPSA) is 60.2 Å². The number of nitrogens with two attached hydrogens (primary N) is 1. The van der Waals surface area contributed by atoms with E-state index >= 15 is 0 Å². The van der Waals surface area contributed by atoms with Crippen molar-refractivity contribution < 1.29 is 13.5 Å². The Hall–Kier alpha value is -2.28. The summed E-state index contributed by atoms with van der Waals surface area (Å²) in [5, 5.41) is 5.02. The van der Waals surface area contributed by atoms with Gasteiger partial charge in [-0.25, -0.2) is 4.98 Å². The average Bonchev–Trinajstić information content (AvgIpc) is 2.51. The van der Waals surface area contributed by atoms with Crippen LogP contribution >= 0.6 is 12.6 Å². The third kappa shape index (κ3) is 4.04. The summed E-state index contributed by atoms with van der Waals surface area (Å²) in [5.41, 5.74) is 8.53. The molecule has 0 aliphatic heterocycles. The van der Waals surface area contributed by atoms with Gasteiger partial charge in [-0.3, -0.25) is 0 Å². The largest absolute Gasteiger partial charge is 0.432 e. The molecular weight excluding hydrogens is 344 g/mol. The van der Waals surface area contributed by atoms with Gasteiger partial charge in [0.15, 0.2) is 0 Å². The standard InChI is InChI=1S/C18H19F2N3OS/c1-10-8-12-13(21)4-3-5-14(12)23-17(10)22-11-6-7-15(16(25)9-11)24-18(2,19)20/h5-9,25H,3-4,21H2,1-2H3,(H,22,23). The fourth-order valence-electron chi connectivity index (χ4n) is 2.68. The third-order valence-corrected chi connectivity index (χ3v) is 4.20. The molecule has 0 amide bonds. The monoisotopic (exact) mass is 363 g/mol. The molecule has 1 aliphatic carbocycles. The molecule has 0 saturated carbocycles. The van der Waals surface area contributed by atoms with E-state index in [9.17, 15) is 8.78 Å². The van der Waals surface area contributed by atoms with Gasteiger partial charge in [-0.1, -0.05) is 6.08 Å². The molecule has 0 saturated heterocycles. The number of fused-ring (bicyclic) bond motifs is 1. The number of halogens is 2. The number of nitrogens with one attached hydrogen (secondary N) is 1. The average molecular weight is 363 g/mol. The molecule has 132 valence electrons. The summed E-state index contributed by atoms with van der Waals surface area (Å²) in [5.74, 6) is 0.708. The van der Waals surface area contributed by atoms with Crippen LogP contribution in [0.3, 0.4) is 0 Å². The molecule has 1 aromatic carbocycles. The molecule has 3 N–H and O–H groups in total. The second kappa shape index (κ2) is 6.55. The number of alkyl halides is 2. The molecular formula is C18H19F2N3OS. The van der Waals surface area contributed by atoms with Gasteiger partial charge >= 0.3 is 6.11 Å². The van der Waals surface area contributed by atoms with Gasteiger partial charge in [0, 0.05) is 28.4 Å². The quantitative estimate of drug-likeness (QED) is 0.731. The van der Waals surface area contributed by atoms with Crippen molar-refractivity contribution in [2.75, 3.05) is 5.32 Å². The Morgan fingerprint density at radius 1 is 1.32 bits per heavy atom. The van der Waals surface area contributed by atoms with Crippen molar-refractivity contribution in [3.05, 3.63) is 40.4 Å². The summed E-state index contributed by atoms with van der Waals surface area (Å²) in [6.45, 7) is 2.63. The smallest absolute Gasteiger partial charge is 0.394 e. The minimum atomic E-state index is -3.25. The van der Waals surface area contributed by atoms with Crippen LogP contribution in [0.25, 0.3) is 11.8 Å². The van der Waals surface area contributed by atoms with E-state index in [0.717, 1.165) is 34.7 Å². The summed E-state index contributed by atoms with van der Waals surface area (Å²) >= 11 is 4.22. The Morgan fingerprint density at radius 3 is 2.76 bits per heavy atom. The number of nitrogens with zero attached hydrogens (tertiary/aromatic N) is 1. The van der Waals surface area contributed by atoms with Crippen LogP contribution in [-0.2, 0) is 0 Å². The van der Waals surface area contributed by atoms with Gasteiger partial charge in [-0.05, 0) is 49.6 Å². The van der Waals surface area contributed by atoms with Gasteiger partial charge in [-0.2, -0.15) is 8.78 Å². The van der Waals surface area contributed by atoms with E-state index < -0.39 is 6.11 Å². The maximum Gasteiger partial charge on any atom is 0.394 e. The van der Waals surface area contributed by atoms with Gasteiger partial charge in [0.05, 0.1) is 5.35 Å². The lowest BCUT2D eigenvalue weighted by Crippen LogP contribution is -2.35. The first-order valence-corrected chi connectivity index (χ1v) is 8.31. The van der Waals surface area contributed by atoms with Gasteiger partial charge in [0.1, 0.15) is 11.6 Å². The molecule has 7 heteroatoms. The molecule has 0 atom stereocenters. The molecule has 1 heterocycles. The number of benzene rings is 1. The lowest BCUT2D eigenvalue weighted by molar-refractivity contribution is -0.160. The van der Waals surface area contributed by atoms with E-state index in [2.05, 4.69) is 33.7 Å². The molecule has 1 aliphatic rings. The SMILES string of the molecule is Cc1cc2c(nc1Nc1ccc(OC(C)(F)F)c(S)c1)=CCCC=2N. The molecule has 0 unspecified atom stereocenters. The highest BCUT2D eigenvalue weighted by Gasteiger charge is 2.24. The van der Waals surface area contributed by atoms with Gasteiger partial charge < -0.3 is 15.8 Å². The molecule has 0 radical (unpaired) electrons. The fourth-order valence-corrected chi connectivity index (χ4v) is 2.94. The van der Waals surface area contributed by atoms with E-state index in [1.54, 1.807) is 12.1 Å². The van der Waals surface area contributed by atoms with Crippen LogP contribution in [0.2, 0.25) is 0 Å². The van der Waals surface area contributed by atoms with Crippen LogP contribution in [0, 0.1) is 6.92 Å². The summed E-state index contributed by atoms with van der Waals surface area (Å²) in [7, 11) is 0. The molecule has 1 aromatic heterocycles. The molecule has 2 aromatic rings. The lowest BCUT2D eigenvalue weighted by atomic mass is 10.1. The Labute approximate surface area is 149 Å². The van der Waals surface area contributed by atoms with Crippen LogP contribution < -0.4 is 26.4 Å². The Bertz CT molecular complexity index is 939. The van der Waals surface area contributed by atoms with Gasteiger partial charge in [0.25, 0.3) is 0 Å². The second-order valence-corrected chi connectivity index (χ2v) is 6.55. The number of aryl methyl sites for hydroxylation is 1. The Morgan fingerprint density at radius 2 is 2.08 bits per heavy atom. The highest BCUT2D eigenvalue weighted by Crippen LogP contribution is 2.31. The first-order valence-electron chi connectivity index (χ1n) is 7.86. The summed E-state index contributed by atoms with van der Waals surface area (Å²) in [4.78, 5) is 4.94. The highest BCUT2D eigenvalue weighted by atomic mass is 32.1. The van der Waals surface area contributed by atoms with Gasteiger partial charge in [0.2, 0.25) is 0 Å². The molecule has 25 heavy (non-hydrogen) atoms.